The summed E-state index contributed by atoms with van der Waals surface area (Å²) in [4.78, 5) is 2.55. The van der Waals surface area contributed by atoms with E-state index in [1.54, 1.807) is 6.26 Å². The number of nitrogens with zero attached hydrogens (tertiary/aromatic N) is 2. The van der Waals surface area contributed by atoms with Gasteiger partial charge in [-0.1, -0.05) is 45.0 Å². The zero-order chi connectivity index (χ0) is 18.1. The highest BCUT2D eigenvalue weighted by Crippen LogP contribution is 2.34. The molecular weight excluding hydrogens is 320 g/mol. The van der Waals surface area contributed by atoms with E-state index >= 15 is 0 Å². The van der Waals surface area contributed by atoms with Crippen molar-refractivity contribution >= 4 is 0 Å². The lowest BCUT2D eigenvalue weighted by Gasteiger charge is -2.30. The maximum Gasteiger partial charge on any atom is 0.117 e. The predicted molar refractivity (Wildman–Crippen MR) is 105 cm³/mol. The van der Waals surface area contributed by atoms with Crippen LogP contribution in [0.4, 0.5) is 0 Å². The summed E-state index contributed by atoms with van der Waals surface area (Å²) in [5, 5.41) is 0. The lowest BCUT2D eigenvalue weighted by molar-refractivity contribution is 0.203. The summed E-state index contributed by atoms with van der Waals surface area (Å²) >= 11 is 0. The first-order valence-corrected chi connectivity index (χ1v) is 9.54. The Kier molecular flexibility index (Phi) is 4.49. The van der Waals surface area contributed by atoms with E-state index in [1.807, 2.05) is 6.07 Å². The second-order valence-electron chi connectivity index (χ2n) is 8.30. The maximum atomic E-state index is 5.65. The smallest absolute Gasteiger partial charge is 0.117 e. The third kappa shape index (κ3) is 3.36. The van der Waals surface area contributed by atoms with Crippen LogP contribution < -0.4 is 0 Å². The summed E-state index contributed by atoms with van der Waals surface area (Å²) in [5.41, 5.74) is 4.28. The number of aromatic nitrogens is 1. The molecule has 0 saturated carbocycles. The maximum absolute atomic E-state index is 5.65. The van der Waals surface area contributed by atoms with Gasteiger partial charge < -0.3 is 8.98 Å². The van der Waals surface area contributed by atoms with Crippen molar-refractivity contribution in [2.24, 2.45) is 0 Å². The molecule has 0 spiro atoms. The van der Waals surface area contributed by atoms with Crippen LogP contribution in [0.5, 0.6) is 0 Å². The molecule has 0 N–H and O–H groups in total. The quantitative estimate of drug-likeness (QED) is 0.634. The van der Waals surface area contributed by atoms with Gasteiger partial charge in [0.25, 0.3) is 0 Å². The normalized spacial score (nSPS) is 18.5. The first-order valence-electron chi connectivity index (χ1n) is 9.54. The molecule has 3 aromatic rings. The topological polar surface area (TPSA) is 21.3 Å². The Balaban J connectivity index is 1.72. The van der Waals surface area contributed by atoms with Crippen LogP contribution in [0, 0.1) is 0 Å². The summed E-state index contributed by atoms with van der Waals surface area (Å²) in [6.07, 6.45) is 5.13. The van der Waals surface area contributed by atoms with Gasteiger partial charge >= 0.3 is 0 Å². The van der Waals surface area contributed by atoms with Crippen LogP contribution in [0.25, 0.3) is 0 Å². The molecule has 136 valence electrons. The summed E-state index contributed by atoms with van der Waals surface area (Å²) in [7, 11) is 0. The Morgan fingerprint density at radius 2 is 1.81 bits per heavy atom. The molecule has 3 nitrogen and oxygen atoms in total. The average molecular weight is 348 g/mol. The first-order chi connectivity index (χ1) is 12.5. The van der Waals surface area contributed by atoms with Crippen molar-refractivity contribution in [1.82, 2.24) is 9.47 Å². The molecule has 3 heterocycles. The van der Waals surface area contributed by atoms with Crippen LogP contribution in [0.3, 0.4) is 0 Å². The van der Waals surface area contributed by atoms with Crippen LogP contribution >= 0.6 is 0 Å². The first kappa shape index (κ1) is 17.2. The molecule has 1 aliphatic heterocycles. The van der Waals surface area contributed by atoms with Crippen molar-refractivity contribution in [2.75, 3.05) is 6.54 Å². The zero-order valence-corrected chi connectivity index (χ0v) is 16.0. The standard InChI is InChI=1S/C23H28N2O/c1-23(2,3)19-11-9-18(10-12-19)22-21-8-4-13-24(21)14-6-15-25(22)17-20-7-5-16-26-20/h4-5,7-13,16,22H,6,14-15,17H2,1-3H3/t22-/m0/s1. The summed E-state index contributed by atoms with van der Waals surface area (Å²) < 4.78 is 8.05. The van der Waals surface area contributed by atoms with Crippen molar-refractivity contribution in [2.45, 2.75) is 51.7 Å². The van der Waals surface area contributed by atoms with Gasteiger partial charge in [0.05, 0.1) is 18.8 Å². The number of rotatable bonds is 3. The molecule has 3 heteroatoms. The minimum Gasteiger partial charge on any atom is -0.468 e. The van der Waals surface area contributed by atoms with Crippen molar-refractivity contribution in [1.29, 1.82) is 0 Å². The lowest BCUT2D eigenvalue weighted by atomic mass is 9.86. The highest BCUT2D eigenvalue weighted by Gasteiger charge is 2.28. The number of fused-ring (bicyclic) bond motifs is 1. The van der Waals surface area contributed by atoms with Gasteiger partial charge in [0.2, 0.25) is 0 Å². The van der Waals surface area contributed by atoms with Crippen LogP contribution in [-0.2, 0) is 18.5 Å². The van der Waals surface area contributed by atoms with Gasteiger partial charge in [0.1, 0.15) is 5.76 Å². The SMILES string of the molecule is CC(C)(C)c1ccc([C@H]2c3cccn3CCCN2Cc2ccco2)cc1. The summed E-state index contributed by atoms with van der Waals surface area (Å²) in [5.74, 6) is 1.03. The molecule has 1 aromatic carbocycles. The Hall–Kier alpha value is -2.26. The molecule has 0 amide bonds. The van der Waals surface area contributed by atoms with Gasteiger partial charge in [-0.05, 0) is 47.2 Å². The van der Waals surface area contributed by atoms with Crippen LogP contribution in [0.1, 0.15) is 55.8 Å². The van der Waals surface area contributed by atoms with Gasteiger partial charge in [-0.3, -0.25) is 4.90 Å². The van der Waals surface area contributed by atoms with Crippen molar-refractivity contribution < 1.29 is 4.42 Å². The van der Waals surface area contributed by atoms with Gasteiger partial charge in [-0.2, -0.15) is 0 Å². The van der Waals surface area contributed by atoms with Gasteiger partial charge in [-0.15, -0.1) is 0 Å². The van der Waals surface area contributed by atoms with E-state index in [4.69, 9.17) is 4.42 Å². The van der Waals surface area contributed by atoms with Gasteiger partial charge in [-0.25, -0.2) is 0 Å². The average Bonchev–Trinajstić information content (AvgIpc) is 3.24. The zero-order valence-electron chi connectivity index (χ0n) is 16.0. The Bertz CT molecular complexity index is 837. The van der Waals surface area contributed by atoms with Crippen LogP contribution in [0.2, 0.25) is 0 Å². The van der Waals surface area contributed by atoms with E-state index in [2.05, 4.69) is 78.9 Å². The summed E-state index contributed by atoms with van der Waals surface area (Å²) in [6.45, 7) is 9.78. The minimum absolute atomic E-state index is 0.177. The number of benzene rings is 1. The van der Waals surface area contributed by atoms with E-state index in [0.29, 0.717) is 0 Å². The van der Waals surface area contributed by atoms with E-state index < -0.39 is 0 Å². The third-order valence-corrected chi connectivity index (χ3v) is 5.39. The number of furan rings is 1. The molecule has 0 fully saturated rings. The number of hydrogen-bond acceptors (Lipinski definition) is 2. The molecule has 4 rings (SSSR count). The van der Waals surface area contributed by atoms with Crippen molar-refractivity contribution in [3.05, 3.63) is 83.6 Å². The highest BCUT2D eigenvalue weighted by molar-refractivity contribution is 5.34. The molecule has 0 saturated heterocycles. The van der Waals surface area contributed by atoms with E-state index in [-0.39, 0.29) is 11.5 Å². The van der Waals surface area contributed by atoms with Crippen molar-refractivity contribution in [3.8, 4) is 0 Å². The highest BCUT2D eigenvalue weighted by atomic mass is 16.3. The Morgan fingerprint density at radius 3 is 2.50 bits per heavy atom. The fraction of sp³-hybridized carbons (Fsp3) is 0.391. The molecule has 1 aliphatic rings. The largest absolute Gasteiger partial charge is 0.468 e. The molecule has 1 atom stereocenters. The fourth-order valence-corrected chi connectivity index (χ4v) is 3.96. The summed E-state index contributed by atoms with van der Waals surface area (Å²) in [6, 6.07) is 17.9. The molecule has 2 aromatic heterocycles. The van der Waals surface area contributed by atoms with E-state index in [0.717, 1.165) is 31.8 Å². The second kappa shape index (κ2) is 6.81. The van der Waals surface area contributed by atoms with Gasteiger partial charge in [0, 0.05) is 25.0 Å². The molecule has 0 unspecified atom stereocenters. The minimum atomic E-state index is 0.177. The molecule has 26 heavy (non-hydrogen) atoms. The molecule has 0 radical (unpaired) electrons. The van der Waals surface area contributed by atoms with Gasteiger partial charge in [0.15, 0.2) is 0 Å². The van der Waals surface area contributed by atoms with E-state index in [9.17, 15) is 0 Å². The second-order valence-corrected chi connectivity index (χ2v) is 8.30. The number of hydrogen-bond donors (Lipinski definition) is 0. The molecular formula is C23H28N2O. The monoisotopic (exact) mass is 348 g/mol. The van der Waals surface area contributed by atoms with Crippen molar-refractivity contribution in [3.63, 3.8) is 0 Å². The fourth-order valence-electron chi connectivity index (χ4n) is 3.96. The van der Waals surface area contributed by atoms with Crippen LogP contribution in [0.15, 0.2) is 65.4 Å². The number of aryl methyl sites for hydroxylation is 1. The lowest BCUT2D eigenvalue weighted by Crippen LogP contribution is -2.29. The third-order valence-electron chi connectivity index (χ3n) is 5.39. The van der Waals surface area contributed by atoms with E-state index in [1.165, 1.54) is 16.8 Å². The Labute approximate surface area is 156 Å². The van der Waals surface area contributed by atoms with Crippen LogP contribution in [-0.4, -0.2) is 16.0 Å². The Morgan fingerprint density at radius 1 is 1.00 bits per heavy atom. The predicted octanol–water partition coefficient (Wildman–Crippen LogP) is 5.37. The molecule has 0 aliphatic carbocycles. The molecule has 0 bridgehead atoms.